The molecule has 0 bridgehead atoms. The summed E-state index contributed by atoms with van der Waals surface area (Å²) in [5.74, 6) is 0.187. The van der Waals surface area contributed by atoms with E-state index in [1.54, 1.807) is 17.1 Å². The Bertz CT molecular complexity index is 563. The highest BCUT2D eigenvalue weighted by Gasteiger charge is 2.13. The molecule has 2 aromatic rings. The molecule has 2 aromatic heterocycles. The number of nitrogens with one attached hydrogen (secondary N) is 1. The molecule has 0 aliphatic heterocycles. The number of primary amides is 1. The van der Waals surface area contributed by atoms with Gasteiger partial charge in [0, 0.05) is 24.0 Å². The van der Waals surface area contributed by atoms with Crippen molar-refractivity contribution >= 4 is 5.91 Å². The summed E-state index contributed by atoms with van der Waals surface area (Å²) in [4.78, 5) is 15.4. The Balaban J connectivity index is 2.46. The number of nitrogens with two attached hydrogens (primary N) is 1. The fourth-order valence-electron chi connectivity index (χ4n) is 1.66. The molecule has 18 heavy (non-hydrogen) atoms. The van der Waals surface area contributed by atoms with Crippen molar-refractivity contribution in [1.29, 1.82) is 0 Å². The largest absolute Gasteiger partial charge is 0.366 e. The second-order valence-corrected chi connectivity index (χ2v) is 3.96. The van der Waals surface area contributed by atoms with Crippen molar-refractivity contribution in [2.45, 2.75) is 13.0 Å². The molecule has 3 N–H and O–H groups in total. The molecule has 2 heterocycles. The topological polar surface area (TPSA) is 85.8 Å². The van der Waals surface area contributed by atoms with Crippen LogP contribution in [0.25, 0.3) is 5.82 Å². The molecule has 0 saturated carbocycles. The third-order valence-corrected chi connectivity index (χ3v) is 2.80. The highest BCUT2D eigenvalue weighted by Crippen LogP contribution is 2.18. The summed E-state index contributed by atoms with van der Waals surface area (Å²) >= 11 is 0. The summed E-state index contributed by atoms with van der Waals surface area (Å²) in [6.07, 6.45) is 4.70. The van der Waals surface area contributed by atoms with Crippen LogP contribution in [0.4, 0.5) is 0 Å². The van der Waals surface area contributed by atoms with Crippen molar-refractivity contribution in [3.63, 3.8) is 0 Å². The van der Waals surface area contributed by atoms with E-state index in [1.165, 1.54) is 6.20 Å². The van der Waals surface area contributed by atoms with Gasteiger partial charge in [0.05, 0.1) is 11.8 Å². The number of hydrogen-bond donors (Lipinski definition) is 2. The van der Waals surface area contributed by atoms with Crippen LogP contribution in [0.1, 0.15) is 28.9 Å². The van der Waals surface area contributed by atoms with E-state index in [-0.39, 0.29) is 6.04 Å². The molecule has 1 unspecified atom stereocenters. The summed E-state index contributed by atoms with van der Waals surface area (Å²) in [5.41, 5.74) is 6.57. The Morgan fingerprint density at radius 2 is 2.33 bits per heavy atom. The van der Waals surface area contributed by atoms with E-state index in [9.17, 15) is 4.79 Å². The second kappa shape index (κ2) is 4.97. The van der Waals surface area contributed by atoms with Crippen LogP contribution in [-0.4, -0.2) is 27.7 Å². The maximum Gasteiger partial charge on any atom is 0.251 e. The molecule has 0 aromatic carbocycles. The summed E-state index contributed by atoms with van der Waals surface area (Å²) in [6.45, 7) is 2.03. The maximum atomic E-state index is 11.1. The fourth-order valence-corrected chi connectivity index (χ4v) is 1.66. The lowest BCUT2D eigenvalue weighted by molar-refractivity contribution is 0.100. The lowest BCUT2D eigenvalue weighted by atomic mass is 10.1. The molecule has 0 aliphatic carbocycles. The number of hydrogen-bond acceptors (Lipinski definition) is 4. The van der Waals surface area contributed by atoms with Crippen molar-refractivity contribution in [1.82, 2.24) is 20.1 Å². The van der Waals surface area contributed by atoms with Gasteiger partial charge in [0.15, 0.2) is 5.82 Å². The molecule has 0 radical (unpaired) electrons. The van der Waals surface area contributed by atoms with Crippen molar-refractivity contribution in [2.24, 2.45) is 5.73 Å². The van der Waals surface area contributed by atoms with Crippen LogP contribution < -0.4 is 11.1 Å². The van der Waals surface area contributed by atoms with Gasteiger partial charge >= 0.3 is 0 Å². The van der Waals surface area contributed by atoms with E-state index in [0.717, 1.165) is 5.56 Å². The van der Waals surface area contributed by atoms with Crippen molar-refractivity contribution in [2.75, 3.05) is 7.05 Å². The third kappa shape index (κ3) is 2.23. The van der Waals surface area contributed by atoms with E-state index in [2.05, 4.69) is 15.4 Å². The molecular formula is C12H15N5O. The molecule has 0 spiro atoms. The smallest absolute Gasteiger partial charge is 0.251 e. The number of aromatic nitrogens is 3. The predicted octanol–water partition coefficient (Wildman–Crippen LogP) is 0.647. The van der Waals surface area contributed by atoms with Gasteiger partial charge in [-0.3, -0.25) is 4.79 Å². The van der Waals surface area contributed by atoms with Gasteiger partial charge in [0.1, 0.15) is 0 Å². The number of nitrogens with zero attached hydrogens (tertiary/aromatic N) is 3. The Kier molecular flexibility index (Phi) is 3.38. The number of pyridine rings is 1. The van der Waals surface area contributed by atoms with Crippen LogP contribution in [-0.2, 0) is 0 Å². The summed E-state index contributed by atoms with van der Waals surface area (Å²) in [5, 5.41) is 7.26. The first-order chi connectivity index (χ1) is 8.63. The Morgan fingerprint density at radius 1 is 1.56 bits per heavy atom. The van der Waals surface area contributed by atoms with Crippen LogP contribution in [0.2, 0.25) is 0 Å². The van der Waals surface area contributed by atoms with Crippen LogP contribution in [0.3, 0.4) is 0 Å². The van der Waals surface area contributed by atoms with Gasteiger partial charge in [-0.25, -0.2) is 9.67 Å². The normalized spacial score (nSPS) is 12.3. The SMILES string of the molecule is CNC(C)c1cccnc1-n1cc(C(N)=O)cn1. The standard InChI is InChI=1S/C12H15N5O/c1-8(14-2)10-4-3-5-15-12(10)17-7-9(6-16-17)11(13)18/h3-8,14H,1-2H3,(H2,13,18). The molecule has 0 saturated heterocycles. The first kappa shape index (κ1) is 12.3. The highest BCUT2D eigenvalue weighted by molar-refractivity contribution is 5.92. The highest BCUT2D eigenvalue weighted by atomic mass is 16.1. The zero-order valence-corrected chi connectivity index (χ0v) is 10.3. The summed E-state index contributed by atoms with van der Waals surface area (Å²) in [7, 11) is 1.87. The van der Waals surface area contributed by atoms with Gasteiger partial charge in [-0.2, -0.15) is 5.10 Å². The van der Waals surface area contributed by atoms with Crippen molar-refractivity contribution in [3.8, 4) is 5.82 Å². The van der Waals surface area contributed by atoms with Gasteiger partial charge < -0.3 is 11.1 Å². The monoisotopic (exact) mass is 245 g/mol. The van der Waals surface area contributed by atoms with Gasteiger partial charge in [-0.15, -0.1) is 0 Å². The Morgan fingerprint density at radius 3 is 2.94 bits per heavy atom. The molecule has 94 valence electrons. The number of rotatable bonds is 4. The first-order valence-electron chi connectivity index (χ1n) is 5.60. The van der Waals surface area contributed by atoms with Gasteiger partial charge in [0.2, 0.25) is 0 Å². The van der Waals surface area contributed by atoms with E-state index in [4.69, 9.17) is 5.73 Å². The Hall–Kier alpha value is -2.21. The van der Waals surface area contributed by atoms with E-state index in [1.807, 2.05) is 26.1 Å². The average Bonchev–Trinajstić information content (AvgIpc) is 2.87. The number of carbonyl (C=O) groups excluding carboxylic acids is 1. The van der Waals surface area contributed by atoms with Crippen molar-refractivity contribution < 1.29 is 4.79 Å². The van der Waals surface area contributed by atoms with Gasteiger partial charge in [-0.1, -0.05) is 6.07 Å². The number of carbonyl (C=O) groups is 1. The molecule has 6 nitrogen and oxygen atoms in total. The molecule has 2 rings (SSSR count). The zero-order valence-electron chi connectivity index (χ0n) is 10.3. The van der Waals surface area contributed by atoms with E-state index in [0.29, 0.717) is 11.4 Å². The van der Waals surface area contributed by atoms with Crippen LogP contribution in [0.15, 0.2) is 30.7 Å². The van der Waals surface area contributed by atoms with Crippen LogP contribution in [0, 0.1) is 0 Å². The van der Waals surface area contributed by atoms with Gasteiger partial charge in [0.25, 0.3) is 5.91 Å². The minimum Gasteiger partial charge on any atom is -0.366 e. The van der Waals surface area contributed by atoms with Gasteiger partial charge in [-0.05, 0) is 20.0 Å². The lowest BCUT2D eigenvalue weighted by Gasteiger charge is -2.14. The predicted molar refractivity (Wildman–Crippen MR) is 67.4 cm³/mol. The summed E-state index contributed by atoms with van der Waals surface area (Å²) < 4.78 is 1.56. The summed E-state index contributed by atoms with van der Waals surface area (Å²) in [6, 6.07) is 3.97. The number of amides is 1. The minimum atomic E-state index is -0.500. The van der Waals surface area contributed by atoms with Crippen LogP contribution >= 0.6 is 0 Å². The maximum absolute atomic E-state index is 11.1. The first-order valence-corrected chi connectivity index (χ1v) is 5.60. The average molecular weight is 245 g/mol. The molecule has 1 amide bonds. The molecule has 0 aliphatic rings. The second-order valence-electron chi connectivity index (χ2n) is 3.96. The van der Waals surface area contributed by atoms with E-state index < -0.39 is 5.91 Å². The lowest BCUT2D eigenvalue weighted by Crippen LogP contribution is -2.16. The zero-order chi connectivity index (χ0) is 13.1. The molecule has 1 atom stereocenters. The van der Waals surface area contributed by atoms with Crippen LogP contribution in [0.5, 0.6) is 0 Å². The molecular weight excluding hydrogens is 230 g/mol. The van der Waals surface area contributed by atoms with E-state index >= 15 is 0 Å². The Labute approximate surface area is 105 Å². The van der Waals surface area contributed by atoms with Crippen molar-refractivity contribution in [3.05, 3.63) is 41.9 Å². The fraction of sp³-hybridized carbons (Fsp3) is 0.250. The minimum absolute atomic E-state index is 0.134. The quantitative estimate of drug-likeness (QED) is 0.828. The molecule has 6 heteroatoms. The third-order valence-electron chi connectivity index (χ3n) is 2.80. The molecule has 0 fully saturated rings.